The highest BCUT2D eigenvalue weighted by molar-refractivity contribution is 7.19. The van der Waals surface area contributed by atoms with Crippen molar-refractivity contribution in [2.75, 3.05) is 18.0 Å². The second-order valence-electron chi connectivity index (χ2n) is 4.25. The Kier molecular flexibility index (Phi) is 3.09. The van der Waals surface area contributed by atoms with Gasteiger partial charge in [-0.25, -0.2) is 0 Å². The van der Waals surface area contributed by atoms with Gasteiger partial charge >= 0.3 is 0 Å². The molecule has 4 nitrogen and oxygen atoms in total. The summed E-state index contributed by atoms with van der Waals surface area (Å²) in [5.41, 5.74) is 2.61. The number of hydrogen-bond donors (Lipinski definition) is 0. The molecule has 94 valence electrons. The number of nitrogens with zero attached hydrogens (tertiary/aromatic N) is 3. The molecule has 0 amide bonds. The molecule has 0 radical (unpaired) electrons. The fourth-order valence-electron chi connectivity index (χ4n) is 2.09. The van der Waals surface area contributed by atoms with Crippen molar-refractivity contribution in [1.29, 1.82) is 0 Å². The van der Waals surface area contributed by atoms with Gasteiger partial charge in [-0.3, -0.25) is 0 Å². The van der Waals surface area contributed by atoms with E-state index < -0.39 is 0 Å². The molecule has 6 heteroatoms. The molecular weight excluding hydrogens is 270 g/mol. The second-order valence-corrected chi connectivity index (χ2v) is 5.78. The minimum atomic E-state index is 0.482. The molecule has 0 atom stereocenters. The van der Waals surface area contributed by atoms with Crippen LogP contribution in [0, 0.1) is 0 Å². The van der Waals surface area contributed by atoms with E-state index in [1.165, 1.54) is 22.5 Å². The Morgan fingerprint density at radius 1 is 1.44 bits per heavy atom. The molecule has 3 heterocycles. The van der Waals surface area contributed by atoms with Crippen LogP contribution in [0.3, 0.4) is 0 Å². The van der Waals surface area contributed by atoms with Crippen molar-refractivity contribution in [2.24, 2.45) is 0 Å². The minimum Gasteiger partial charge on any atom is -0.465 e. The van der Waals surface area contributed by atoms with E-state index in [2.05, 4.69) is 22.0 Å². The van der Waals surface area contributed by atoms with Gasteiger partial charge in [-0.15, -0.1) is 10.2 Å². The van der Waals surface area contributed by atoms with E-state index in [9.17, 15) is 0 Å². The summed E-state index contributed by atoms with van der Waals surface area (Å²) >= 11 is 7.24. The normalized spacial score (nSPS) is 16.4. The Balaban J connectivity index is 1.88. The van der Waals surface area contributed by atoms with Gasteiger partial charge < -0.3 is 9.32 Å². The molecule has 0 N–H and O–H groups in total. The molecule has 0 unspecified atom stereocenters. The largest absolute Gasteiger partial charge is 0.465 e. The predicted molar refractivity (Wildman–Crippen MR) is 73.1 cm³/mol. The lowest BCUT2D eigenvalue weighted by atomic mass is 10.00. The van der Waals surface area contributed by atoms with Crippen molar-refractivity contribution in [2.45, 2.75) is 13.3 Å². The van der Waals surface area contributed by atoms with Gasteiger partial charge in [0.25, 0.3) is 0 Å². The topological polar surface area (TPSA) is 42.2 Å². The van der Waals surface area contributed by atoms with Crippen LogP contribution >= 0.6 is 22.9 Å². The van der Waals surface area contributed by atoms with E-state index in [1.54, 1.807) is 6.26 Å². The van der Waals surface area contributed by atoms with E-state index in [-0.39, 0.29) is 0 Å². The first kappa shape index (κ1) is 11.7. The first-order valence-electron chi connectivity index (χ1n) is 5.70. The lowest BCUT2D eigenvalue weighted by molar-refractivity contribution is 0.548. The molecule has 1 aliphatic heterocycles. The molecule has 0 aliphatic carbocycles. The monoisotopic (exact) mass is 281 g/mol. The molecule has 2 aromatic rings. The summed E-state index contributed by atoms with van der Waals surface area (Å²) < 4.78 is 5.97. The van der Waals surface area contributed by atoms with Crippen LogP contribution < -0.4 is 4.90 Å². The molecule has 0 saturated heterocycles. The zero-order valence-corrected chi connectivity index (χ0v) is 11.5. The van der Waals surface area contributed by atoms with Crippen LogP contribution in [-0.2, 0) is 0 Å². The smallest absolute Gasteiger partial charge is 0.209 e. The minimum absolute atomic E-state index is 0.482. The number of furan rings is 1. The van der Waals surface area contributed by atoms with Crippen LogP contribution in [0.2, 0.25) is 4.47 Å². The summed E-state index contributed by atoms with van der Waals surface area (Å²) in [6, 6.07) is 3.91. The van der Waals surface area contributed by atoms with Gasteiger partial charge in [-0.2, -0.15) is 0 Å². The van der Waals surface area contributed by atoms with E-state index >= 15 is 0 Å². The molecule has 0 fully saturated rings. The predicted octanol–water partition coefficient (Wildman–Crippen LogP) is 3.47. The average Bonchev–Trinajstić information content (AvgIpc) is 3.01. The quantitative estimate of drug-likeness (QED) is 0.845. The first-order chi connectivity index (χ1) is 8.74. The van der Waals surface area contributed by atoms with Crippen molar-refractivity contribution in [3.05, 3.63) is 34.2 Å². The molecule has 1 aliphatic rings. The summed E-state index contributed by atoms with van der Waals surface area (Å²) in [5.74, 6) is 0.938. The Morgan fingerprint density at radius 2 is 2.33 bits per heavy atom. The van der Waals surface area contributed by atoms with E-state index in [1.807, 2.05) is 12.1 Å². The molecule has 0 bridgehead atoms. The third-order valence-corrected chi connectivity index (χ3v) is 4.18. The maximum atomic E-state index is 5.83. The Hall–Kier alpha value is -1.33. The van der Waals surface area contributed by atoms with Crippen LogP contribution in [0.15, 0.2) is 28.4 Å². The van der Waals surface area contributed by atoms with Crippen LogP contribution in [-0.4, -0.2) is 23.3 Å². The molecule has 3 rings (SSSR count). The van der Waals surface area contributed by atoms with Gasteiger partial charge in [0, 0.05) is 18.7 Å². The standard InChI is InChI=1S/C12H12ClN3OS/c1-8-4-5-16(12-15-14-11(13)18-12)7-9(8)10-3-2-6-17-10/h2-3,6H,4-5,7H2,1H3. The third kappa shape index (κ3) is 2.15. The lowest BCUT2D eigenvalue weighted by Crippen LogP contribution is -2.30. The van der Waals surface area contributed by atoms with Gasteiger partial charge in [-0.1, -0.05) is 16.9 Å². The summed E-state index contributed by atoms with van der Waals surface area (Å²) in [6.07, 6.45) is 2.71. The van der Waals surface area contributed by atoms with Crippen LogP contribution in [0.5, 0.6) is 0 Å². The third-order valence-electron chi connectivity index (χ3n) is 3.10. The maximum Gasteiger partial charge on any atom is 0.209 e. The van der Waals surface area contributed by atoms with Crippen LogP contribution in [0.25, 0.3) is 5.57 Å². The van der Waals surface area contributed by atoms with Gasteiger partial charge in [0.15, 0.2) is 0 Å². The van der Waals surface area contributed by atoms with Crippen LogP contribution in [0.1, 0.15) is 19.1 Å². The lowest BCUT2D eigenvalue weighted by Gasteiger charge is -2.28. The Morgan fingerprint density at radius 3 is 3.00 bits per heavy atom. The molecule has 0 spiro atoms. The highest BCUT2D eigenvalue weighted by atomic mass is 35.5. The second kappa shape index (κ2) is 4.74. The number of rotatable bonds is 2. The van der Waals surface area contributed by atoms with Crippen molar-refractivity contribution >= 4 is 33.6 Å². The van der Waals surface area contributed by atoms with E-state index in [4.69, 9.17) is 16.0 Å². The SMILES string of the molecule is CC1=C(c2ccco2)CN(c2nnc(Cl)s2)CC1. The summed E-state index contributed by atoms with van der Waals surface area (Å²) in [4.78, 5) is 2.19. The van der Waals surface area contributed by atoms with Crippen molar-refractivity contribution in [1.82, 2.24) is 10.2 Å². The summed E-state index contributed by atoms with van der Waals surface area (Å²) in [6.45, 7) is 3.90. The molecule has 18 heavy (non-hydrogen) atoms. The number of hydrogen-bond acceptors (Lipinski definition) is 5. The zero-order valence-electron chi connectivity index (χ0n) is 9.89. The van der Waals surface area contributed by atoms with Gasteiger partial charge in [0.2, 0.25) is 9.60 Å². The maximum absolute atomic E-state index is 5.83. The van der Waals surface area contributed by atoms with Crippen molar-refractivity contribution in [3.8, 4) is 0 Å². The molecule has 0 aromatic carbocycles. The Labute approximate surface area is 114 Å². The summed E-state index contributed by atoms with van der Waals surface area (Å²) in [5, 5.41) is 8.81. The molecule has 2 aromatic heterocycles. The van der Waals surface area contributed by atoms with E-state index in [0.29, 0.717) is 4.47 Å². The number of anilines is 1. The summed E-state index contributed by atoms with van der Waals surface area (Å²) in [7, 11) is 0. The fourth-order valence-corrected chi connectivity index (χ4v) is 2.93. The average molecular weight is 282 g/mol. The highest BCUT2D eigenvalue weighted by Gasteiger charge is 2.22. The molecular formula is C12H12ClN3OS. The van der Waals surface area contributed by atoms with Crippen molar-refractivity contribution < 1.29 is 4.42 Å². The van der Waals surface area contributed by atoms with Gasteiger partial charge in [-0.05, 0) is 37.1 Å². The van der Waals surface area contributed by atoms with Crippen LogP contribution in [0.4, 0.5) is 5.13 Å². The number of aromatic nitrogens is 2. The van der Waals surface area contributed by atoms with Gasteiger partial charge in [0.1, 0.15) is 5.76 Å². The van der Waals surface area contributed by atoms with E-state index in [0.717, 1.165) is 30.4 Å². The fraction of sp³-hybridized carbons (Fsp3) is 0.333. The molecule has 0 saturated carbocycles. The first-order valence-corrected chi connectivity index (χ1v) is 6.90. The van der Waals surface area contributed by atoms with Gasteiger partial charge in [0.05, 0.1) is 6.26 Å². The zero-order chi connectivity index (χ0) is 12.5. The Bertz CT molecular complexity index is 576. The van der Waals surface area contributed by atoms with Crippen molar-refractivity contribution in [3.63, 3.8) is 0 Å². The number of halogens is 1. The highest BCUT2D eigenvalue weighted by Crippen LogP contribution is 2.32.